The van der Waals surface area contributed by atoms with Gasteiger partial charge >= 0.3 is 0 Å². The summed E-state index contributed by atoms with van der Waals surface area (Å²) in [7, 11) is 0. The number of ketones is 2. The molecule has 146 valence electrons. The van der Waals surface area contributed by atoms with Crippen LogP contribution in [0.3, 0.4) is 0 Å². The van der Waals surface area contributed by atoms with Crippen molar-refractivity contribution in [2.45, 2.75) is 43.4 Å². The molecule has 1 aliphatic rings. The highest BCUT2D eigenvalue weighted by Crippen LogP contribution is 2.49. The van der Waals surface area contributed by atoms with Crippen LogP contribution in [0.1, 0.15) is 59.5 Å². The van der Waals surface area contributed by atoms with Gasteiger partial charge in [0.15, 0.2) is 5.78 Å². The van der Waals surface area contributed by atoms with Gasteiger partial charge in [0.1, 0.15) is 5.78 Å². The lowest BCUT2D eigenvalue weighted by molar-refractivity contribution is -0.127. The summed E-state index contributed by atoms with van der Waals surface area (Å²) in [5.74, 6) is 0.185. The van der Waals surface area contributed by atoms with Gasteiger partial charge in [-0.15, -0.1) is 0 Å². The minimum atomic E-state index is -0.648. The highest BCUT2D eigenvalue weighted by molar-refractivity contribution is 5.98. The molecule has 0 heterocycles. The maximum atomic E-state index is 13.5. The molecule has 1 fully saturated rings. The number of Topliss-reactive ketones (excluding diaryl/α,β-unsaturated/α-hetero) is 2. The number of rotatable bonds is 6. The second kappa shape index (κ2) is 8.57. The molecule has 2 heteroatoms. The van der Waals surface area contributed by atoms with E-state index in [-0.39, 0.29) is 17.5 Å². The molecule has 0 bridgehead atoms. The predicted octanol–water partition coefficient (Wildman–Crippen LogP) is 6.12. The van der Waals surface area contributed by atoms with Crippen LogP contribution in [0.25, 0.3) is 0 Å². The van der Waals surface area contributed by atoms with Gasteiger partial charge in [-0.25, -0.2) is 0 Å². The van der Waals surface area contributed by atoms with E-state index in [0.29, 0.717) is 18.4 Å². The van der Waals surface area contributed by atoms with Crippen LogP contribution < -0.4 is 0 Å². The zero-order valence-corrected chi connectivity index (χ0v) is 16.6. The van der Waals surface area contributed by atoms with E-state index in [1.807, 2.05) is 66.7 Å². The summed E-state index contributed by atoms with van der Waals surface area (Å²) in [6.45, 7) is 0. The van der Waals surface area contributed by atoms with Crippen molar-refractivity contribution in [3.8, 4) is 0 Å². The molecule has 0 aliphatic heterocycles. The average molecular weight is 383 g/mol. The molecule has 1 saturated carbocycles. The Kier molecular flexibility index (Phi) is 5.71. The van der Waals surface area contributed by atoms with Gasteiger partial charge in [-0.05, 0) is 24.0 Å². The van der Waals surface area contributed by atoms with Crippen LogP contribution in [-0.4, -0.2) is 11.6 Å². The summed E-state index contributed by atoms with van der Waals surface area (Å²) in [6, 6.07) is 29.7. The molecule has 29 heavy (non-hydrogen) atoms. The lowest BCUT2D eigenvalue weighted by Gasteiger charge is -2.43. The molecule has 0 aromatic heterocycles. The van der Waals surface area contributed by atoms with Crippen molar-refractivity contribution in [3.63, 3.8) is 0 Å². The first kappa shape index (κ1) is 19.3. The SMILES string of the molecule is O=C(C[C@H](c1ccccc1)[C@@]1(c2ccccc2)CCCCC1=O)c1ccccc1. The second-order valence-electron chi connectivity index (χ2n) is 7.92. The molecule has 1 aliphatic carbocycles. The predicted molar refractivity (Wildman–Crippen MR) is 116 cm³/mol. The first-order valence-electron chi connectivity index (χ1n) is 10.4. The van der Waals surface area contributed by atoms with Gasteiger partial charge in [0.2, 0.25) is 0 Å². The molecule has 0 amide bonds. The van der Waals surface area contributed by atoms with E-state index in [1.54, 1.807) is 0 Å². The third-order valence-electron chi connectivity index (χ3n) is 6.29. The fraction of sp³-hybridized carbons (Fsp3) is 0.259. The fourth-order valence-corrected chi connectivity index (χ4v) is 4.85. The Hall–Kier alpha value is -3.00. The number of carbonyl (C=O) groups excluding carboxylic acids is 2. The first-order valence-corrected chi connectivity index (χ1v) is 10.4. The number of carbonyl (C=O) groups is 2. The topological polar surface area (TPSA) is 34.1 Å². The average Bonchev–Trinajstić information content (AvgIpc) is 2.80. The zero-order valence-electron chi connectivity index (χ0n) is 16.6. The number of hydrogen-bond donors (Lipinski definition) is 0. The van der Waals surface area contributed by atoms with Crippen molar-refractivity contribution in [1.29, 1.82) is 0 Å². The Bertz CT molecular complexity index is 963. The smallest absolute Gasteiger partial charge is 0.163 e. The van der Waals surface area contributed by atoms with Gasteiger partial charge in [0.25, 0.3) is 0 Å². The minimum Gasteiger partial charge on any atom is -0.299 e. The van der Waals surface area contributed by atoms with Crippen molar-refractivity contribution in [2.24, 2.45) is 0 Å². The monoisotopic (exact) mass is 382 g/mol. The van der Waals surface area contributed by atoms with E-state index in [1.165, 1.54) is 0 Å². The van der Waals surface area contributed by atoms with E-state index in [4.69, 9.17) is 0 Å². The Morgan fingerprint density at radius 1 is 0.793 bits per heavy atom. The molecule has 3 aromatic carbocycles. The molecule has 0 saturated heterocycles. The molecule has 2 nitrogen and oxygen atoms in total. The lowest BCUT2D eigenvalue weighted by atomic mass is 9.58. The normalized spacial score (nSPS) is 20.2. The number of hydrogen-bond acceptors (Lipinski definition) is 2. The van der Waals surface area contributed by atoms with Crippen molar-refractivity contribution in [2.75, 3.05) is 0 Å². The second-order valence-corrected chi connectivity index (χ2v) is 7.92. The summed E-state index contributed by atoms with van der Waals surface area (Å²) in [5, 5.41) is 0. The third-order valence-corrected chi connectivity index (χ3v) is 6.29. The summed E-state index contributed by atoms with van der Waals surface area (Å²) >= 11 is 0. The molecule has 2 atom stereocenters. The molecule has 0 radical (unpaired) electrons. The highest BCUT2D eigenvalue weighted by Gasteiger charge is 2.48. The van der Waals surface area contributed by atoms with E-state index < -0.39 is 5.41 Å². The summed E-state index contributed by atoms with van der Waals surface area (Å²) in [4.78, 5) is 26.8. The van der Waals surface area contributed by atoms with Crippen LogP contribution in [0, 0.1) is 0 Å². The van der Waals surface area contributed by atoms with Crippen LogP contribution in [0.4, 0.5) is 0 Å². The lowest BCUT2D eigenvalue weighted by Crippen LogP contribution is -2.44. The Morgan fingerprint density at radius 2 is 1.38 bits per heavy atom. The van der Waals surface area contributed by atoms with Gasteiger partial charge in [-0.2, -0.15) is 0 Å². The third kappa shape index (κ3) is 3.80. The van der Waals surface area contributed by atoms with Crippen LogP contribution in [0.15, 0.2) is 91.0 Å². The summed E-state index contributed by atoms with van der Waals surface area (Å²) in [6.07, 6.45) is 3.63. The quantitative estimate of drug-likeness (QED) is 0.481. The van der Waals surface area contributed by atoms with E-state index in [9.17, 15) is 9.59 Å². The molecule has 0 spiro atoms. The van der Waals surface area contributed by atoms with E-state index in [2.05, 4.69) is 24.3 Å². The van der Waals surface area contributed by atoms with Crippen LogP contribution >= 0.6 is 0 Å². The van der Waals surface area contributed by atoms with Crippen molar-refractivity contribution < 1.29 is 9.59 Å². The number of benzene rings is 3. The standard InChI is InChI=1S/C27H26O2/c28-25(22-14-6-2-7-15-22)20-24(21-12-4-1-5-13-21)27(19-11-10-18-26(27)29)23-16-8-3-9-17-23/h1-9,12-17,24H,10-11,18-20H2/t24-,27+/m1/s1. The minimum absolute atomic E-state index is 0.0909. The molecule has 0 N–H and O–H groups in total. The Labute approximate surface area is 172 Å². The maximum absolute atomic E-state index is 13.5. The highest BCUT2D eigenvalue weighted by atomic mass is 16.1. The van der Waals surface area contributed by atoms with Crippen molar-refractivity contribution in [1.82, 2.24) is 0 Å². The van der Waals surface area contributed by atoms with Crippen LogP contribution in [0.2, 0.25) is 0 Å². The van der Waals surface area contributed by atoms with Crippen molar-refractivity contribution >= 4 is 11.6 Å². The van der Waals surface area contributed by atoms with Gasteiger partial charge in [0, 0.05) is 24.3 Å². The first-order chi connectivity index (χ1) is 14.2. The Balaban J connectivity index is 1.83. The molecule has 0 unspecified atom stereocenters. The zero-order chi connectivity index (χ0) is 20.1. The van der Waals surface area contributed by atoms with E-state index >= 15 is 0 Å². The molecule has 3 aromatic rings. The van der Waals surface area contributed by atoms with Gasteiger partial charge in [0.05, 0.1) is 5.41 Å². The summed E-state index contributed by atoms with van der Waals surface area (Å²) in [5.41, 5.74) is 2.17. The van der Waals surface area contributed by atoms with Crippen LogP contribution in [-0.2, 0) is 10.2 Å². The van der Waals surface area contributed by atoms with E-state index in [0.717, 1.165) is 30.4 Å². The maximum Gasteiger partial charge on any atom is 0.163 e. The molecule has 4 rings (SSSR count). The van der Waals surface area contributed by atoms with Crippen molar-refractivity contribution in [3.05, 3.63) is 108 Å². The van der Waals surface area contributed by atoms with Crippen LogP contribution in [0.5, 0.6) is 0 Å². The largest absolute Gasteiger partial charge is 0.299 e. The summed E-state index contributed by atoms with van der Waals surface area (Å²) < 4.78 is 0. The molecular weight excluding hydrogens is 356 g/mol. The Morgan fingerprint density at radius 3 is 2.00 bits per heavy atom. The van der Waals surface area contributed by atoms with Gasteiger partial charge < -0.3 is 0 Å². The van der Waals surface area contributed by atoms with Gasteiger partial charge in [-0.3, -0.25) is 9.59 Å². The van der Waals surface area contributed by atoms with Gasteiger partial charge in [-0.1, -0.05) is 97.4 Å². The fourth-order valence-electron chi connectivity index (χ4n) is 4.85. The molecular formula is C27H26O2.